The van der Waals surface area contributed by atoms with Gasteiger partial charge in [-0.2, -0.15) is 10.2 Å². The highest BCUT2D eigenvalue weighted by Gasteiger charge is 2.10. The summed E-state index contributed by atoms with van der Waals surface area (Å²) in [6.07, 6.45) is 6.16. The van der Waals surface area contributed by atoms with Crippen LogP contribution in [-0.2, 0) is 17.9 Å². The van der Waals surface area contributed by atoms with E-state index in [2.05, 4.69) is 15.5 Å². The second kappa shape index (κ2) is 7.83. The maximum absolute atomic E-state index is 12.3. The molecule has 0 fully saturated rings. The molecule has 0 atom stereocenters. The molecule has 2 heterocycles. The number of carboxylic acids is 1. The zero-order chi connectivity index (χ0) is 18.5. The molecule has 0 radical (unpaired) electrons. The van der Waals surface area contributed by atoms with Gasteiger partial charge in [0.2, 0.25) is 0 Å². The Labute approximate surface area is 154 Å². The van der Waals surface area contributed by atoms with Crippen LogP contribution in [0.1, 0.15) is 22.3 Å². The van der Waals surface area contributed by atoms with Crippen LogP contribution in [0.15, 0.2) is 49.1 Å². The van der Waals surface area contributed by atoms with Gasteiger partial charge in [0.1, 0.15) is 0 Å². The smallest absolute Gasteiger partial charge is 0.305 e. The van der Waals surface area contributed by atoms with Gasteiger partial charge in [0, 0.05) is 18.1 Å². The largest absolute Gasteiger partial charge is 0.481 e. The average molecular weight is 374 g/mol. The minimum absolute atomic E-state index is 0.0533. The predicted octanol–water partition coefficient (Wildman–Crippen LogP) is 2.51. The van der Waals surface area contributed by atoms with Crippen molar-refractivity contribution in [1.82, 2.24) is 19.6 Å². The standard InChI is InChI=1S/C17H16ClN5O3/c18-14-8-20-23(11-14)9-12-2-1-3-15(6-12)21-17(26)13-7-19-22(10-13)5-4-16(24)25/h1-3,6-8,10-11H,4-5,9H2,(H,21,26)(H,24,25). The lowest BCUT2D eigenvalue weighted by Gasteiger charge is -2.07. The van der Waals surface area contributed by atoms with Gasteiger partial charge in [0.15, 0.2) is 0 Å². The van der Waals surface area contributed by atoms with Crippen molar-refractivity contribution in [3.05, 3.63) is 65.2 Å². The van der Waals surface area contributed by atoms with E-state index in [9.17, 15) is 9.59 Å². The van der Waals surface area contributed by atoms with E-state index in [0.717, 1.165) is 5.56 Å². The number of nitrogens with zero attached hydrogens (tertiary/aromatic N) is 4. The molecule has 2 aromatic heterocycles. The van der Waals surface area contributed by atoms with E-state index in [4.69, 9.17) is 16.7 Å². The molecule has 0 saturated carbocycles. The number of hydrogen-bond donors (Lipinski definition) is 2. The normalized spacial score (nSPS) is 10.7. The number of halogens is 1. The molecule has 3 aromatic rings. The van der Waals surface area contributed by atoms with Crippen LogP contribution < -0.4 is 5.32 Å². The van der Waals surface area contributed by atoms with E-state index in [1.807, 2.05) is 18.2 Å². The number of aliphatic carboxylic acids is 1. The monoisotopic (exact) mass is 373 g/mol. The maximum atomic E-state index is 12.3. The highest BCUT2D eigenvalue weighted by Crippen LogP contribution is 2.14. The van der Waals surface area contributed by atoms with Crippen molar-refractivity contribution in [2.45, 2.75) is 19.5 Å². The molecule has 0 aliphatic heterocycles. The first-order valence-corrected chi connectivity index (χ1v) is 8.20. The van der Waals surface area contributed by atoms with Crippen molar-refractivity contribution >= 4 is 29.2 Å². The highest BCUT2D eigenvalue weighted by molar-refractivity contribution is 6.30. The van der Waals surface area contributed by atoms with E-state index < -0.39 is 5.97 Å². The first-order valence-electron chi connectivity index (χ1n) is 7.82. The molecule has 26 heavy (non-hydrogen) atoms. The van der Waals surface area contributed by atoms with Gasteiger partial charge in [0.05, 0.1) is 42.5 Å². The summed E-state index contributed by atoms with van der Waals surface area (Å²) in [5.41, 5.74) is 1.96. The first-order chi connectivity index (χ1) is 12.5. The van der Waals surface area contributed by atoms with E-state index in [-0.39, 0.29) is 18.9 Å². The van der Waals surface area contributed by atoms with Crippen molar-refractivity contribution < 1.29 is 14.7 Å². The van der Waals surface area contributed by atoms with Crippen LogP contribution in [0, 0.1) is 0 Å². The summed E-state index contributed by atoms with van der Waals surface area (Å²) in [5, 5.41) is 20.2. The Bertz CT molecular complexity index is 934. The summed E-state index contributed by atoms with van der Waals surface area (Å²) < 4.78 is 3.14. The van der Waals surface area contributed by atoms with Gasteiger partial charge in [-0.3, -0.25) is 19.0 Å². The van der Waals surface area contributed by atoms with Crippen molar-refractivity contribution in [2.75, 3.05) is 5.32 Å². The number of carbonyl (C=O) groups is 2. The molecular weight excluding hydrogens is 358 g/mol. The van der Waals surface area contributed by atoms with Crippen LogP contribution in [0.2, 0.25) is 5.02 Å². The Morgan fingerprint density at radius 2 is 1.96 bits per heavy atom. The minimum atomic E-state index is -0.915. The lowest BCUT2D eigenvalue weighted by Crippen LogP contribution is -2.12. The van der Waals surface area contributed by atoms with Crippen LogP contribution in [0.5, 0.6) is 0 Å². The number of benzene rings is 1. The Balaban J connectivity index is 1.64. The number of amides is 1. The maximum Gasteiger partial charge on any atom is 0.305 e. The quantitative estimate of drug-likeness (QED) is 0.662. The fraction of sp³-hybridized carbons (Fsp3) is 0.176. The highest BCUT2D eigenvalue weighted by atomic mass is 35.5. The van der Waals surface area contributed by atoms with Gasteiger partial charge >= 0.3 is 5.97 Å². The third-order valence-electron chi connectivity index (χ3n) is 3.58. The summed E-state index contributed by atoms with van der Waals surface area (Å²) in [6, 6.07) is 7.40. The molecule has 0 bridgehead atoms. The number of hydrogen-bond acceptors (Lipinski definition) is 4. The van der Waals surface area contributed by atoms with Crippen LogP contribution in [0.4, 0.5) is 5.69 Å². The molecule has 0 aliphatic carbocycles. The van der Waals surface area contributed by atoms with E-state index >= 15 is 0 Å². The summed E-state index contributed by atoms with van der Waals surface area (Å²) in [5.74, 6) is -1.23. The van der Waals surface area contributed by atoms with Gasteiger partial charge in [-0.05, 0) is 17.7 Å². The summed E-state index contributed by atoms with van der Waals surface area (Å²) >= 11 is 5.86. The second-order valence-electron chi connectivity index (χ2n) is 5.65. The van der Waals surface area contributed by atoms with Gasteiger partial charge < -0.3 is 10.4 Å². The van der Waals surface area contributed by atoms with Crippen LogP contribution in [0.25, 0.3) is 0 Å². The third kappa shape index (κ3) is 4.70. The summed E-state index contributed by atoms with van der Waals surface area (Å²) in [6.45, 7) is 0.744. The molecule has 0 aliphatic rings. The Hall–Kier alpha value is -3.13. The van der Waals surface area contributed by atoms with Crippen LogP contribution in [-0.4, -0.2) is 36.5 Å². The van der Waals surface area contributed by atoms with Crippen LogP contribution in [0.3, 0.4) is 0 Å². The Morgan fingerprint density at radius 1 is 1.15 bits per heavy atom. The fourth-order valence-corrected chi connectivity index (χ4v) is 2.53. The minimum Gasteiger partial charge on any atom is -0.481 e. The van der Waals surface area contributed by atoms with E-state index in [0.29, 0.717) is 22.8 Å². The number of carboxylic acid groups (broad SMARTS) is 1. The first kappa shape index (κ1) is 17.7. The van der Waals surface area contributed by atoms with Gasteiger partial charge in [0.25, 0.3) is 5.91 Å². The number of aryl methyl sites for hydroxylation is 1. The molecule has 3 rings (SSSR count). The number of nitrogens with one attached hydrogen (secondary N) is 1. The molecule has 0 unspecified atom stereocenters. The molecule has 2 N–H and O–H groups in total. The van der Waals surface area contributed by atoms with Crippen molar-refractivity contribution in [2.24, 2.45) is 0 Å². The zero-order valence-corrected chi connectivity index (χ0v) is 14.4. The van der Waals surface area contributed by atoms with Gasteiger partial charge in [-0.25, -0.2) is 0 Å². The lowest BCUT2D eigenvalue weighted by atomic mass is 10.2. The molecular formula is C17H16ClN5O3. The van der Waals surface area contributed by atoms with Crippen molar-refractivity contribution in [3.63, 3.8) is 0 Å². The molecule has 0 spiro atoms. The second-order valence-corrected chi connectivity index (χ2v) is 6.08. The Kier molecular flexibility index (Phi) is 5.33. The van der Waals surface area contributed by atoms with E-state index in [1.165, 1.54) is 17.1 Å². The number of aromatic nitrogens is 4. The molecule has 1 amide bonds. The molecule has 0 saturated heterocycles. The zero-order valence-electron chi connectivity index (χ0n) is 13.7. The fourth-order valence-electron chi connectivity index (χ4n) is 2.38. The molecule has 8 nitrogen and oxygen atoms in total. The number of rotatable bonds is 7. The molecule has 9 heteroatoms. The topological polar surface area (TPSA) is 102 Å². The lowest BCUT2D eigenvalue weighted by molar-refractivity contribution is -0.137. The van der Waals surface area contributed by atoms with Crippen molar-refractivity contribution in [1.29, 1.82) is 0 Å². The summed E-state index contributed by atoms with van der Waals surface area (Å²) in [4.78, 5) is 22.9. The van der Waals surface area contributed by atoms with Crippen molar-refractivity contribution in [3.8, 4) is 0 Å². The average Bonchev–Trinajstić information content (AvgIpc) is 3.22. The predicted molar refractivity (Wildman–Crippen MR) is 95.2 cm³/mol. The van der Waals surface area contributed by atoms with Gasteiger partial charge in [-0.15, -0.1) is 0 Å². The summed E-state index contributed by atoms with van der Waals surface area (Å²) in [7, 11) is 0. The van der Waals surface area contributed by atoms with E-state index in [1.54, 1.807) is 23.1 Å². The SMILES string of the molecule is O=C(O)CCn1cc(C(=O)Nc2cccc(Cn3cc(Cl)cn3)c2)cn1. The number of anilines is 1. The van der Waals surface area contributed by atoms with Crippen LogP contribution >= 0.6 is 11.6 Å². The van der Waals surface area contributed by atoms with Gasteiger partial charge in [-0.1, -0.05) is 23.7 Å². The third-order valence-corrected chi connectivity index (χ3v) is 3.78. The molecule has 134 valence electrons. The molecule has 1 aromatic carbocycles. The number of carbonyl (C=O) groups excluding carboxylic acids is 1. The Morgan fingerprint density at radius 3 is 2.69 bits per heavy atom.